The van der Waals surface area contributed by atoms with E-state index < -0.39 is 0 Å². The van der Waals surface area contributed by atoms with Gasteiger partial charge in [0.05, 0.1) is 6.54 Å². The van der Waals surface area contributed by atoms with Gasteiger partial charge in [0.25, 0.3) is 0 Å². The summed E-state index contributed by atoms with van der Waals surface area (Å²) in [5, 5.41) is 20.8. The molecule has 1 aromatic heterocycles. The van der Waals surface area contributed by atoms with Crippen LogP contribution in [0.15, 0.2) is 0 Å². The number of aryl methyl sites for hydroxylation is 1. The molecule has 0 radical (unpaired) electrons. The Balaban J connectivity index is 1.78. The fourth-order valence-corrected chi connectivity index (χ4v) is 2.60. The predicted molar refractivity (Wildman–Crippen MR) is 65.4 cm³/mol. The van der Waals surface area contributed by atoms with Gasteiger partial charge in [0.2, 0.25) is 0 Å². The van der Waals surface area contributed by atoms with Crippen molar-refractivity contribution in [2.75, 3.05) is 13.2 Å². The van der Waals surface area contributed by atoms with Gasteiger partial charge < -0.3 is 15.0 Å². The summed E-state index contributed by atoms with van der Waals surface area (Å²) >= 11 is 0. The molecule has 5 nitrogen and oxygen atoms in total. The zero-order valence-corrected chi connectivity index (χ0v) is 10.7. The van der Waals surface area contributed by atoms with Gasteiger partial charge in [-0.25, -0.2) is 0 Å². The number of hydrogen-bond donors (Lipinski definition) is 2. The lowest BCUT2D eigenvalue weighted by atomic mass is 9.97. The molecule has 1 heterocycles. The number of rotatable bonds is 5. The van der Waals surface area contributed by atoms with E-state index in [1.165, 1.54) is 19.3 Å². The number of hydrogen-bond acceptors (Lipinski definition) is 4. The zero-order chi connectivity index (χ0) is 12.3. The second-order valence-corrected chi connectivity index (χ2v) is 4.99. The fourth-order valence-electron chi connectivity index (χ4n) is 2.60. The van der Waals surface area contributed by atoms with Crippen LogP contribution < -0.4 is 5.32 Å². The first-order chi connectivity index (χ1) is 8.22. The molecule has 0 saturated heterocycles. The maximum absolute atomic E-state index is 9.25. The molecular weight excluding hydrogens is 216 g/mol. The van der Waals surface area contributed by atoms with Gasteiger partial charge in [0, 0.05) is 13.7 Å². The van der Waals surface area contributed by atoms with Crippen molar-refractivity contribution in [1.82, 2.24) is 20.1 Å². The van der Waals surface area contributed by atoms with E-state index in [0.29, 0.717) is 18.4 Å². The van der Waals surface area contributed by atoms with E-state index in [-0.39, 0.29) is 0 Å². The lowest BCUT2D eigenvalue weighted by molar-refractivity contribution is 0.192. The largest absolute Gasteiger partial charge is 0.396 e. The summed E-state index contributed by atoms with van der Waals surface area (Å²) in [6.07, 6.45) is 3.66. The Hall–Kier alpha value is -0.940. The standard InChI is InChI=1S/C12H22N4O/c1-9-14-15-12(16(9)2)7-13-6-10-4-3-5-11(10)8-17/h10-11,13,17H,3-8H2,1-2H3. The van der Waals surface area contributed by atoms with Crippen LogP contribution in [-0.4, -0.2) is 33.0 Å². The highest BCUT2D eigenvalue weighted by Gasteiger charge is 2.25. The van der Waals surface area contributed by atoms with E-state index in [0.717, 1.165) is 24.7 Å². The third kappa shape index (κ3) is 2.84. The van der Waals surface area contributed by atoms with E-state index in [1.807, 2.05) is 18.5 Å². The quantitative estimate of drug-likeness (QED) is 0.789. The van der Waals surface area contributed by atoms with Crippen molar-refractivity contribution in [2.45, 2.75) is 32.7 Å². The number of aliphatic hydroxyl groups is 1. The molecule has 1 fully saturated rings. The molecule has 2 atom stereocenters. The molecule has 17 heavy (non-hydrogen) atoms. The van der Waals surface area contributed by atoms with Crippen molar-refractivity contribution in [2.24, 2.45) is 18.9 Å². The summed E-state index contributed by atoms with van der Waals surface area (Å²) in [6.45, 7) is 4.01. The summed E-state index contributed by atoms with van der Waals surface area (Å²) in [7, 11) is 1.98. The van der Waals surface area contributed by atoms with E-state index in [4.69, 9.17) is 0 Å². The third-order valence-corrected chi connectivity index (χ3v) is 3.92. The maximum Gasteiger partial charge on any atom is 0.146 e. The van der Waals surface area contributed by atoms with Crippen LogP contribution in [0.4, 0.5) is 0 Å². The van der Waals surface area contributed by atoms with Crippen molar-refractivity contribution in [3.05, 3.63) is 11.6 Å². The first-order valence-electron chi connectivity index (χ1n) is 6.38. The Kier molecular flexibility index (Phi) is 4.12. The van der Waals surface area contributed by atoms with Crippen LogP contribution in [-0.2, 0) is 13.6 Å². The first kappa shape index (κ1) is 12.5. The molecule has 0 bridgehead atoms. The number of aliphatic hydroxyl groups excluding tert-OH is 1. The summed E-state index contributed by atoms with van der Waals surface area (Å²) in [4.78, 5) is 0. The Morgan fingerprint density at radius 3 is 2.76 bits per heavy atom. The average molecular weight is 238 g/mol. The Morgan fingerprint density at radius 2 is 2.12 bits per heavy atom. The van der Waals surface area contributed by atoms with Gasteiger partial charge in [0.15, 0.2) is 0 Å². The lowest BCUT2D eigenvalue weighted by Crippen LogP contribution is -2.27. The van der Waals surface area contributed by atoms with Gasteiger partial charge in [-0.15, -0.1) is 10.2 Å². The summed E-state index contributed by atoms with van der Waals surface area (Å²) in [5.74, 6) is 3.02. The minimum atomic E-state index is 0.329. The zero-order valence-electron chi connectivity index (χ0n) is 10.7. The second-order valence-electron chi connectivity index (χ2n) is 4.99. The van der Waals surface area contributed by atoms with Gasteiger partial charge in [-0.2, -0.15) is 0 Å². The second kappa shape index (κ2) is 5.60. The van der Waals surface area contributed by atoms with Crippen LogP contribution in [0.2, 0.25) is 0 Å². The molecule has 2 N–H and O–H groups in total. The predicted octanol–water partition coefficient (Wildman–Crippen LogP) is 0.622. The summed E-state index contributed by atoms with van der Waals surface area (Å²) in [5.41, 5.74) is 0. The molecule has 1 aliphatic carbocycles. The number of aromatic nitrogens is 3. The van der Waals surface area contributed by atoms with Crippen molar-refractivity contribution < 1.29 is 5.11 Å². The molecule has 0 amide bonds. The molecular formula is C12H22N4O. The Morgan fingerprint density at radius 1 is 1.35 bits per heavy atom. The molecule has 0 aromatic carbocycles. The van der Waals surface area contributed by atoms with Crippen LogP contribution in [0, 0.1) is 18.8 Å². The van der Waals surface area contributed by atoms with E-state index >= 15 is 0 Å². The topological polar surface area (TPSA) is 63.0 Å². The Labute approximate surface area is 102 Å². The van der Waals surface area contributed by atoms with Gasteiger partial charge in [0.1, 0.15) is 11.6 Å². The summed E-state index contributed by atoms with van der Waals surface area (Å²) < 4.78 is 2.01. The van der Waals surface area contributed by atoms with Crippen LogP contribution in [0.1, 0.15) is 30.9 Å². The molecule has 2 rings (SSSR count). The molecule has 0 aliphatic heterocycles. The van der Waals surface area contributed by atoms with Gasteiger partial charge in [-0.3, -0.25) is 0 Å². The molecule has 5 heteroatoms. The minimum Gasteiger partial charge on any atom is -0.396 e. The van der Waals surface area contributed by atoms with Crippen molar-refractivity contribution >= 4 is 0 Å². The van der Waals surface area contributed by atoms with Gasteiger partial charge >= 0.3 is 0 Å². The van der Waals surface area contributed by atoms with Gasteiger partial charge in [-0.1, -0.05) is 6.42 Å². The van der Waals surface area contributed by atoms with Crippen LogP contribution in [0.3, 0.4) is 0 Å². The van der Waals surface area contributed by atoms with E-state index in [2.05, 4.69) is 15.5 Å². The molecule has 1 saturated carbocycles. The van der Waals surface area contributed by atoms with Gasteiger partial charge in [-0.05, 0) is 38.1 Å². The summed E-state index contributed by atoms with van der Waals surface area (Å²) in [6, 6.07) is 0. The first-order valence-corrected chi connectivity index (χ1v) is 6.38. The van der Waals surface area contributed by atoms with Crippen LogP contribution in [0.25, 0.3) is 0 Å². The van der Waals surface area contributed by atoms with Crippen LogP contribution >= 0.6 is 0 Å². The third-order valence-electron chi connectivity index (χ3n) is 3.92. The highest BCUT2D eigenvalue weighted by molar-refractivity contribution is 4.92. The maximum atomic E-state index is 9.25. The lowest BCUT2D eigenvalue weighted by Gasteiger charge is -2.17. The minimum absolute atomic E-state index is 0.329. The van der Waals surface area contributed by atoms with E-state index in [1.54, 1.807) is 0 Å². The SMILES string of the molecule is Cc1nnc(CNCC2CCCC2CO)n1C. The molecule has 1 aliphatic rings. The highest BCUT2D eigenvalue weighted by Crippen LogP contribution is 2.30. The smallest absolute Gasteiger partial charge is 0.146 e. The molecule has 2 unspecified atom stereocenters. The van der Waals surface area contributed by atoms with Crippen molar-refractivity contribution in [3.63, 3.8) is 0 Å². The molecule has 96 valence electrons. The Bertz CT molecular complexity index is 363. The number of nitrogens with zero attached hydrogens (tertiary/aromatic N) is 3. The molecule has 1 aromatic rings. The normalized spacial score (nSPS) is 24.4. The number of nitrogens with one attached hydrogen (secondary N) is 1. The van der Waals surface area contributed by atoms with Crippen molar-refractivity contribution in [1.29, 1.82) is 0 Å². The van der Waals surface area contributed by atoms with E-state index in [9.17, 15) is 5.11 Å². The van der Waals surface area contributed by atoms with Crippen molar-refractivity contribution in [3.8, 4) is 0 Å². The monoisotopic (exact) mass is 238 g/mol. The van der Waals surface area contributed by atoms with Crippen LogP contribution in [0.5, 0.6) is 0 Å². The highest BCUT2D eigenvalue weighted by atomic mass is 16.3. The molecule has 0 spiro atoms. The fraction of sp³-hybridized carbons (Fsp3) is 0.833. The average Bonchev–Trinajstić information content (AvgIpc) is 2.90.